The van der Waals surface area contributed by atoms with Gasteiger partial charge in [-0.05, 0) is 19.1 Å². The smallest absolute Gasteiger partial charge is 0.303 e. The summed E-state index contributed by atoms with van der Waals surface area (Å²) in [7, 11) is 0. The predicted molar refractivity (Wildman–Crippen MR) is 56.4 cm³/mol. The Kier molecular flexibility index (Phi) is 4.04. The van der Waals surface area contributed by atoms with Crippen molar-refractivity contribution in [3.63, 3.8) is 0 Å². The Morgan fingerprint density at radius 1 is 1.47 bits per heavy atom. The molecule has 0 heterocycles. The van der Waals surface area contributed by atoms with Crippen LogP contribution >= 0.6 is 15.9 Å². The van der Waals surface area contributed by atoms with Crippen LogP contribution in [-0.2, 0) is 0 Å². The van der Waals surface area contributed by atoms with Crippen LogP contribution in [0.5, 0.6) is 5.75 Å². The summed E-state index contributed by atoms with van der Waals surface area (Å²) < 4.78 is 31.1. The average molecular weight is 281 g/mol. The van der Waals surface area contributed by atoms with Crippen LogP contribution in [0.1, 0.15) is 5.56 Å². The maximum atomic E-state index is 12.7. The number of aliphatic hydroxyl groups excluding tert-OH is 1. The maximum Gasteiger partial charge on any atom is 0.303 e. The van der Waals surface area contributed by atoms with Gasteiger partial charge in [0.15, 0.2) is 6.61 Å². The Labute approximate surface area is 95.0 Å². The van der Waals surface area contributed by atoms with Gasteiger partial charge in [-0.1, -0.05) is 22.0 Å². The summed E-state index contributed by atoms with van der Waals surface area (Å²) in [6, 6.07) is 5.10. The molecule has 0 fully saturated rings. The van der Waals surface area contributed by atoms with E-state index in [1.165, 1.54) is 0 Å². The molecule has 0 bridgehead atoms. The van der Waals surface area contributed by atoms with E-state index >= 15 is 0 Å². The van der Waals surface area contributed by atoms with Crippen molar-refractivity contribution in [2.45, 2.75) is 12.8 Å². The molecule has 1 aromatic carbocycles. The van der Waals surface area contributed by atoms with Crippen LogP contribution in [0.2, 0.25) is 0 Å². The molecule has 0 saturated carbocycles. The minimum absolute atomic E-state index is 0.387. The summed E-state index contributed by atoms with van der Waals surface area (Å²) in [5.74, 6) is -2.81. The van der Waals surface area contributed by atoms with E-state index in [2.05, 4.69) is 15.9 Å². The molecule has 1 aromatic rings. The molecule has 15 heavy (non-hydrogen) atoms. The number of benzene rings is 1. The molecule has 0 aliphatic rings. The highest BCUT2D eigenvalue weighted by Gasteiger charge is 2.29. The third kappa shape index (κ3) is 3.43. The van der Waals surface area contributed by atoms with Crippen molar-refractivity contribution in [1.29, 1.82) is 0 Å². The molecule has 0 unspecified atom stereocenters. The first-order valence-corrected chi connectivity index (χ1v) is 5.12. The molecule has 2 nitrogen and oxygen atoms in total. The summed E-state index contributed by atoms with van der Waals surface area (Å²) in [5, 5.41) is 8.36. The summed E-state index contributed by atoms with van der Waals surface area (Å²) >= 11 is 3.27. The number of halogens is 3. The quantitative estimate of drug-likeness (QED) is 0.919. The topological polar surface area (TPSA) is 29.5 Å². The van der Waals surface area contributed by atoms with E-state index in [0.29, 0.717) is 5.75 Å². The molecule has 0 atom stereocenters. The van der Waals surface area contributed by atoms with Gasteiger partial charge >= 0.3 is 5.92 Å². The van der Waals surface area contributed by atoms with Crippen molar-refractivity contribution in [1.82, 2.24) is 0 Å². The Balaban J connectivity index is 2.70. The van der Waals surface area contributed by atoms with Crippen molar-refractivity contribution in [2.75, 3.05) is 13.2 Å². The normalized spacial score (nSPS) is 11.5. The van der Waals surface area contributed by atoms with Crippen LogP contribution in [0.15, 0.2) is 22.7 Å². The summed E-state index contributed by atoms with van der Waals surface area (Å²) in [5.41, 5.74) is 0.756. The van der Waals surface area contributed by atoms with Crippen molar-refractivity contribution in [3.05, 3.63) is 28.2 Å². The first kappa shape index (κ1) is 12.4. The first-order chi connectivity index (χ1) is 6.96. The first-order valence-electron chi connectivity index (χ1n) is 4.33. The second-order valence-electron chi connectivity index (χ2n) is 3.17. The van der Waals surface area contributed by atoms with Crippen molar-refractivity contribution in [2.24, 2.45) is 0 Å². The maximum absolute atomic E-state index is 12.7. The third-order valence-electron chi connectivity index (χ3n) is 1.89. The lowest BCUT2D eigenvalue weighted by Gasteiger charge is -2.15. The van der Waals surface area contributed by atoms with Crippen molar-refractivity contribution >= 4 is 15.9 Å². The second-order valence-corrected chi connectivity index (χ2v) is 4.02. The van der Waals surface area contributed by atoms with E-state index in [9.17, 15) is 8.78 Å². The van der Waals surface area contributed by atoms with Gasteiger partial charge in [-0.3, -0.25) is 0 Å². The zero-order valence-electron chi connectivity index (χ0n) is 8.14. The highest BCUT2D eigenvalue weighted by molar-refractivity contribution is 9.10. The molecular formula is C10H11BrF2O2. The van der Waals surface area contributed by atoms with Gasteiger partial charge in [-0.2, -0.15) is 0 Å². The minimum atomic E-state index is -3.20. The number of alkyl halides is 2. The number of rotatable bonds is 4. The van der Waals surface area contributed by atoms with E-state index in [1.54, 1.807) is 25.1 Å². The standard InChI is InChI=1S/C10H11BrF2O2/c1-7-8(11)3-2-4-9(7)15-6-10(12,13)5-14/h2-4,14H,5-6H2,1H3. The second kappa shape index (κ2) is 4.90. The number of ether oxygens (including phenoxy) is 1. The fourth-order valence-corrected chi connectivity index (χ4v) is 1.32. The van der Waals surface area contributed by atoms with Gasteiger partial charge in [0.05, 0.1) is 0 Å². The molecule has 0 aliphatic carbocycles. The average Bonchev–Trinajstić information content (AvgIpc) is 2.20. The van der Waals surface area contributed by atoms with Gasteiger partial charge in [0.2, 0.25) is 0 Å². The molecule has 84 valence electrons. The monoisotopic (exact) mass is 280 g/mol. The lowest BCUT2D eigenvalue weighted by atomic mass is 10.2. The lowest BCUT2D eigenvalue weighted by Crippen LogP contribution is -2.29. The van der Waals surface area contributed by atoms with Crippen LogP contribution in [0.3, 0.4) is 0 Å². The van der Waals surface area contributed by atoms with E-state index in [-0.39, 0.29) is 0 Å². The van der Waals surface area contributed by atoms with Crippen molar-refractivity contribution < 1.29 is 18.6 Å². The van der Waals surface area contributed by atoms with Crippen LogP contribution in [0.25, 0.3) is 0 Å². The number of hydrogen-bond acceptors (Lipinski definition) is 2. The highest BCUT2D eigenvalue weighted by Crippen LogP contribution is 2.26. The van der Waals surface area contributed by atoms with Gasteiger partial charge in [-0.15, -0.1) is 0 Å². The Morgan fingerprint density at radius 3 is 2.73 bits per heavy atom. The van der Waals surface area contributed by atoms with Crippen LogP contribution in [0.4, 0.5) is 8.78 Å². The summed E-state index contributed by atoms with van der Waals surface area (Å²) in [4.78, 5) is 0. The molecule has 0 spiro atoms. The molecule has 0 radical (unpaired) electrons. The van der Waals surface area contributed by atoms with Crippen molar-refractivity contribution in [3.8, 4) is 5.75 Å². The zero-order valence-corrected chi connectivity index (χ0v) is 9.72. The van der Waals surface area contributed by atoms with Crippen LogP contribution in [-0.4, -0.2) is 24.2 Å². The molecule has 0 aliphatic heterocycles. The van der Waals surface area contributed by atoms with Gasteiger partial charge in [0.25, 0.3) is 0 Å². The fraction of sp³-hybridized carbons (Fsp3) is 0.400. The third-order valence-corrected chi connectivity index (χ3v) is 2.75. The Morgan fingerprint density at radius 2 is 2.13 bits per heavy atom. The van der Waals surface area contributed by atoms with Gasteiger partial charge < -0.3 is 9.84 Å². The largest absolute Gasteiger partial charge is 0.487 e. The SMILES string of the molecule is Cc1c(Br)cccc1OCC(F)(F)CO. The van der Waals surface area contributed by atoms with E-state index < -0.39 is 19.1 Å². The fourth-order valence-electron chi connectivity index (χ4n) is 0.973. The molecule has 0 amide bonds. The predicted octanol–water partition coefficient (Wildman–Crippen LogP) is 2.76. The molecule has 1 N–H and O–H groups in total. The molecular weight excluding hydrogens is 270 g/mol. The van der Waals surface area contributed by atoms with Crippen LogP contribution in [0, 0.1) is 6.92 Å². The minimum Gasteiger partial charge on any atom is -0.487 e. The molecule has 0 saturated heterocycles. The number of hydrogen-bond donors (Lipinski definition) is 1. The van der Waals surface area contributed by atoms with E-state index in [0.717, 1.165) is 10.0 Å². The van der Waals surface area contributed by atoms with Gasteiger partial charge in [-0.25, -0.2) is 8.78 Å². The zero-order chi connectivity index (χ0) is 11.5. The Hall–Kier alpha value is -0.680. The van der Waals surface area contributed by atoms with Gasteiger partial charge in [0, 0.05) is 10.0 Å². The number of aliphatic hydroxyl groups is 1. The molecule has 0 aromatic heterocycles. The van der Waals surface area contributed by atoms with E-state index in [4.69, 9.17) is 9.84 Å². The van der Waals surface area contributed by atoms with Crippen LogP contribution < -0.4 is 4.74 Å². The molecule has 1 rings (SSSR count). The summed E-state index contributed by atoms with van der Waals surface area (Å²) in [6.07, 6.45) is 0. The molecule has 5 heteroatoms. The highest BCUT2D eigenvalue weighted by atomic mass is 79.9. The summed E-state index contributed by atoms with van der Waals surface area (Å²) in [6.45, 7) is -0.267. The van der Waals surface area contributed by atoms with Gasteiger partial charge in [0.1, 0.15) is 12.4 Å². The lowest BCUT2D eigenvalue weighted by molar-refractivity contribution is -0.0802. The van der Waals surface area contributed by atoms with E-state index in [1.807, 2.05) is 0 Å². The Bertz CT molecular complexity index is 342.